The van der Waals surface area contributed by atoms with E-state index in [1.165, 1.54) is 0 Å². The maximum absolute atomic E-state index is 13.4. The predicted molar refractivity (Wildman–Crippen MR) is 134 cm³/mol. The number of hydrogen-bond acceptors (Lipinski definition) is 7. The normalized spacial score (nSPS) is 16.4. The van der Waals surface area contributed by atoms with Gasteiger partial charge in [-0.3, -0.25) is 10.1 Å². The summed E-state index contributed by atoms with van der Waals surface area (Å²) in [5.41, 5.74) is 2.94. The molecule has 34 heavy (non-hydrogen) atoms. The highest BCUT2D eigenvalue weighted by Crippen LogP contribution is 2.33. The van der Waals surface area contributed by atoms with Crippen LogP contribution in [0, 0.1) is 5.92 Å². The van der Waals surface area contributed by atoms with Gasteiger partial charge in [0.15, 0.2) is 11.6 Å². The molecule has 2 N–H and O–H groups in total. The fraction of sp³-hybridized carbons (Fsp3) is 0.360. The number of carbonyl (C=O) groups is 2. The summed E-state index contributed by atoms with van der Waals surface area (Å²) in [4.78, 5) is 32.8. The van der Waals surface area contributed by atoms with Gasteiger partial charge in [0.2, 0.25) is 5.13 Å². The summed E-state index contributed by atoms with van der Waals surface area (Å²) in [6, 6.07) is 14.8. The van der Waals surface area contributed by atoms with Crippen LogP contribution in [0.15, 0.2) is 48.5 Å². The highest BCUT2D eigenvalue weighted by atomic mass is 32.1. The summed E-state index contributed by atoms with van der Waals surface area (Å²) in [7, 11) is 0. The van der Waals surface area contributed by atoms with E-state index in [1.54, 1.807) is 0 Å². The highest BCUT2D eigenvalue weighted by molar-refractivity contribution is 7.10. The third kappa shape index (κ3) is 5.10. The number of amides is 2. The number of nitrogens with one attached hydrogen (secondary N) is 2. The molecule has 176 valence electrons. The Labute approximate surface area is 202 Å². The average Bonchev–Trinajstić information content (AvgIpc) is 3.58. The molecular formula is C25H27N5O3S. The minimum absolute atomic E-state index is 0.0140. The van der Waals surface area contributed by atoms with Crippen molar-refractivity contribution in [3.63, 3.8) is 0 Å². The number of ether oxygens (including phenoxy) is 1. The van der Waals surface area contributed by atoms with E-state index in [-0.39, 0.29) is 11.7 Å². The number of rotatable bonds is 6. The fourth-order valence-electron chi connectivity index (χ4n) is 4.50. The van der Waals surface area contributed by atoms with Crippen molar-refractivity contribution in [1.29, 1.82) is 0 Å². The number of hydrogen-bond donors (Lipinski definition) is 2. The number of urea groups is 1. The lowest BCUT2D eigenvalue weighted by Gasteiger charge is -2.29. The maximum atomic E-state index is 13.4. The van der Waals surface area contributed by atoms with E-state index >= 15 is 0 Å². The zero-order valence-corrected chi connectivity index (χ0v) is 19.6. The van der Waals surface area contributed by atoms with Crippen LogP contribution in [-0.2, 0) is 4.74 Å². The van der Waals surface area contributed by atoms with Gasteiger partial charge in [-0.2, -0.15) is 9.36 Å². The molecule has 1 aromatic heterocycles. The number of aromatic nitrogens is 2. The Hall–Kier alpha value is -3.30. The van der Waals surface area contributed by atoms with E-state index < -0.39 is 6.03 Å². The summed E-state index contributed by atoms with van der Waals surface area (Å²) in [6.45, 7) is 2.90. The van der Waals surface area contributed by atoms with Gasteiger partial charge >= 0.3 is 6.03 Å². The number of ketones is 1. The van der Waals surface area contributed by atoms with Gasteiger partial charge in [-0.05, 0) is 31.0 Å². The number of nitrogens with zero attached hydrogens (tertiary/aromatic N) is 3. The van der Waals surface area contributed by atoms with Gasteiger partial charge < -0.3 is 15.0 Å². The Morgan fingerprint density at radius 1 is 1.00 bits per heavy atom. The lowest BCUT2D eigenvalue weighted by Crippen LogP contribution is -2.36. The Morgan fingerprint density at radius 2 is 1.76 bits per heavy atom. The molecule has 8 nitrogen and oxygen atoms in total. The SMILES string of the molecule is O=C(Nc1nc(-c2ccccc2)ns1)Nc1ccc(N2CCOCC2)cc1C(=O)C1CCCC1. The maximum Gasteiger partial charge on any atom is 0.325 e. The van der Waals surface area contributed by atoms with Crippen molar-refractivity contribution in [2.75, 3.05) is 41.8 Å². The van der Waals surface area contributed by atoms with Crippen LogP contribution in [-0.4, -0.2) is 47.5 Å². The Balaban J connectivity index is 1.34. The largest absolute Gasteiger partial charge is 0.378 e. The second-order valence-electron chi connectivity index (χ2n) is 8.54. The topological polar surface area (TPSA) is 96.4 Å². The predicted octanol–water partition coefficient (Wildman–Crippen LogP) is 5.06. The van der Waals surface area contributed by atoms with Gasteiger partial charge in [0.05, 0.1) is 18.9 Å². The van der Waals surface area contributed by atoms with Crippen molar-refractivity contribution < 1.29 is 14.3 Å². The first-order valence-corrected chi connectivity index (χ1v) is 12.4. The number of Topliss-reactive ketones (excluding diaryl/α,β-unsaturated/α-hetero) is 1. The molecule has 2 fully saturated rings. The van der Waals surface area contributed by atoms with E-state index in [1.807, 2.05) is 48.5 Å². The molecule has 2 heterocycles. The van der Waals surface area contributed by atoms with E-state index in [4.69, 9.17) is 4.74 Å². The highest BCUT2D eigenvalue weighted by Gasteiger charge is 2.27. The molecule has 3 aromatic rings. The number of morpholine rings is 1. The Morgan fingerprint density at radius 3 is 2.53 bits per heavy atom. The van der Waals surface area contributed by atoms with Crippen molar-refractivity contribution in [3.8, 4) is 11.4 Å². The van der Waals surface area contributed by atoms with Crippen LogP contribution in [0.25, 0.3) is 11.4 Å². The van der Waals surface area contributed by atoms with Gasteiger partial charge in [0.25, 0.3) is 0 Å². The second kappa shape index (κ2) is 10.3. The molecule has 0 bridgehead atoms. The zero-order valence-electron chi connectivity index (χ0n) is 18.8. The Kier molecular flexibility index (Phi) is 6.82. The first-order valence-electron chi connectivity index (χ1n) is 11.7. The molecule has 0 unspecified atom stereocenters. The van der Waals surface area contributed by atoms with Crippen LogP contribution in [0.2, 0.25) is 0 Å². The fourth-order valence-corrected chi connectivity index (χ4v) is 5.09. The van der Waals surface area contributed by atoms with E-state index in [0.29, 0.717) is 35.4 Å². The van der Waals surface area contributed by atoms with Crippen molar-refractivity contribution in [2.45, 2.75) is 25.7 Å². The van der Waals surface area contributed by atoms with Crippen LogP contribution in [0.3, 0.4) is 0 Å². The smallest absolute Gasteiger partial charge is 0.325 e. The van der Waals surface area contributed by atoms with Crippen molar-refractivity contribution in [1.82, 2.24) is 9.36 Å². The van der Waals surface area contributed by atoms with Crippen LogP contribution in [0.5, 0.6) is 0 Å². The van der Waals surface area contributed by atoms with Gasteiger partial charge in [-0.1, -0.05) is 43.2 Å². The average molecular weight is 478 g/mol. The molecule has 2 aliphatic rings. The first-order chi connectivity index (χ1) is 16.7. The lowest BCUT2D eigenvalue weighted by molar-refractivity contribution is 0.0923. The number of anilines is 3. The molecule has 0 spiro atoms. The molecule has 9 heteroatoms. The van der Waals surface area contributed by atoms with Gasteiger partial charge in [0.1, 0.15) is 0 Å². The van der Waals surface area contributed by atoms with E-state index in [2.05, 4.69) is 24.9 Å². The molecule has 0 radical (unpaired) electrons. The summed E-state index contributed by atoms with van der Waals surface area (Å²) in [6.07, 6.45) is 3.95. The standard InChI is InChI=1S/C25H27N5O3S/c31-22(17-6-4-5-7-17)20-16-19(30-12-14-33-15-13-30)10-11-21(20)26-24(32)28-25-27-23(29-34-25)18-8-2-1-3-9-18/h1-3,8-11,16-17H,4-7,12-15H2,(H2,26,27,28,29,32). The third-order valence-corrected chi connectivity index (χ3v) is 6.93. The molecule has 1 aliphatic heterocycles. The number of carbonyl (C=O) groups excluding carboxylic acids is 2. The molecule has 1 aliphatic carbocycles. The first kappa shape index (κ1) is 22.5. The monoisotopic (exact) mass is 477 g/mol. The van der Waals surface area contributed by atoms with Crippen LogP contribution in [0.4, 0.5) is 21.3 Å². The summed E-state index contributed by atoms with van der Waals surface area (Å²) >= 11 is 1.12. The molecule has 2 amide bonds. The molecule has 5 rings (SSSR count). The number of benzene rings is 2. The summed E-state index contributed by atoms with van der Waals surface area (Å²) in [5.74, 6) is 0.679. The van der Waals surface area contributed by atoms with E-state index in [9.17, 15) is 9.59 Å². The van der Waals surface area contributed by atoms with Crippen molar-refractivity contribution in [3.05, 3.63) is 54.1 Å². The van der Waals surface area contributed by atoms with Crippen molar-refractivity contribution >= 4 is 39.9 Å². The minimum atomic E-state index is -0.449. The van der Waals surface area contributed by atoms with Crippen LogP contribution < -0.4 is 15.5 Å². The lowest BCUT2D eigenvalue weighted by atomic mass is 9.94. The van der Waals surface area contributed by atoms with Crippen LogP contribution in [0.1, 0.15) is 36.0 Å². The second-order valence-corrected chi connectivity index (χ2v) is 9.30. The van der Waals surface area contributed by atoms with Gasteiger partial charge in [0, 0.05) is 47.4 Å². The van der Waals surface area contributed by atoms with E-state index in [0.717, 1.165) is 61.6 Å². The van der Waals surface area contributed by atoms with Gasteiger partial charge in [-0.15, -0.1) is 0 Å². The molecule has 0 atom stereocenters. The van der Waals surface area contributed by atoms with Crippen LogP contribution >= 0.6 is 11.5 Å². The third-order valence-electron chi connectivity index (χ3n) is 6.30. The molecular weight excluding hydrogens is 450 g/mol. The summed E-state index contributed by atoms with van der Waals surface area (Å²) in [5, 5.41) is 6.01. The van der Waals surface area contributed by atoms with Gasteiger partial charge in [-0.25, -0.2) is 4.79 Å². The molecule has 2 aromatic carbocycles. The molecule has 1 saturated heterocycles. The summed E-state index contributed by atoms with van der Waals surface area (Å²) < 4.78 is 9.79. The minimum Gasteiger partial charge on any atom is -0.378 e. The molecule has 1 saturated carbocycles. The zero-order chi connectivity index (χ0) is 23.3. The van der Waals surface area contributed by atoms with Crippen molar-refractivity contribution in [2.24, 2.45) is 5.92 Å². The Bertz CT molecular complexity index is 1150. The quantitative estimate of drug-likeness (QED) is 0.482.